The number of carboxylic acids is 1. The highest BCUT2D eigenvalue weighted by molar-refractivity contribution is 7.10. The molecule has 2 aliphatic rings. The number of thiophene rings is 1. The molecule has 1 aromatic rings. The van der Waals surface area contributed by atoms with E-state index in [0.29, 0.717) is 25.9 Å². The number of fused-ring (bicyclic) bond motifs is 1. The van der Waals surface area contributed by atoms with Crippen molar-refractivity contribution < 1.29 is 19.5 Å². The molecule has 0 bridgehead atoms. The summed E-state index contributed by atoms with van der Waals surface area (Å²) in [7, 11) is 0. The van der Waals surface area contributed by atoms with Crippen LogP contribution >= 0.6 is 11.3 Å². The number of carbonyl (C=O) groups is 3. The molecule has 1 fully saturated rings. The predicted molar refractivity (Wildman–Crippen MR) is 94.3 cm³/mol. The molecule has 25 heavy (non-hydrogen) atoms. The third kappa shape index (κ3) is 4.03. The van der Waals surface area contributed by atoms with Gasteiger partial charge in [0.2, 0.25) is 11.8 Å². The first kappa shape index (κ1) is 17.9. The highest BCUT2D eigenvalue weighted by Gasteiger charge is 2.40. The van der Waals surface area contributed by atoms with Gasteiger partial charge < -0.3 is 15.3 Å². The molecule has 2 amide bonds. The zero-order chi connectivity index (χ0) is 17.9. The van der Waals surface area contributed by atoms with Crippen molar-refractivity contribution in [3.05, 3.63) is 21.9 Å². The lowest BCUT2D eigenvalue weighted by Gasteiger charge is -2.34. The quantitative estimate of drug-likeness (QED) is 0.839. The van der Waals surface area contributed by atoms with Gasteiger partial charge in [0, 0.05) is 30.8 Å². The minimum atomic E-state index is -1.14. The standard InChI is InChI=1S/C18H24N2O4S/c21-15(19-18(17(23)24)8-2-1-3-9-18)4-5-16(22)20-10-6-14-13(12-20)7-11-25-14/h7,11H,1-6,8-10,12H2,(H,19,21)(H,23,24). The number of hydrogen-bond acceptors (Lipinski definition) is 4. The number of nitrogens with zero attached hydrogens (tertiary/aromatic N) is 1. The molecule has 1 saturated carbocycles. The zero-order valence-electron chi connectivity index (χ0n) is 14.3. The molecule has 0 unspecified atom stereocenters. The van der Waals surface area contributed by atoms with E-state index in [4.69, 9.17) is 0 Å². The molecule has 7 heteroatoms. The van der Waals surface area contributed by atoms with Crippen molar-refractivity contribution in [2.75, 3.05) is 6.54 Å². The van der Waals surface area contributed by atoms with Crippen molar-refractivity contribution in [2.24, 2.45) is 0 Å². The maximum atomic E-state index is 12.4. The third-order valence-electron chi connectivity index (χ3n) is 5.22. The molecule has 2 heterocycles. The summed E-state index contributed by atoms with van der Waals surface area (Å²) < 4.78 is 0. The van der Waals surface area contributed by atoms with Crippen LogP contribution in [-0.4, -0.2) is 39.9 Å². The number of carbonyl (C=O) groups excluding carboxylic acids is 2. The van der Waals surface area contributed by atoms with Gasteiger partial charge in [0.05, 0.1) is 0 Å². The third-order valence-corrected chi connectivity index (χ3v) is 6.24. The second-order valence-electron chi connectivity index (χ2n) is 6.93. The van der Waals surface area contributed by atoms with E-state index in [1.807, 2.05) is 11.4 Å². The average Bonchev–Trinajstić information content (AvgIpc) is 3.08. The predicted octanol–water partition coefficient (Wildman–Crippen LogP) is 2.32. The largest absolute Gasteiger partial charge is 0.480 e. The Morgan fingerprint density at radius 1 is 1.20 bits per heavy atom. The van der Waals surface area contributed by atoms with Gasteiger partial charge in [-0.3, -0.25) is 9.59 Å². The molecule has 1 aliphatic carbocycles. The first-order valence-electron chi connectivity index (χ1n) is 8.88. The van der Waals surface area contributed by atoms with Gasteiger partial charge in [0.15, 0.2) is 0 Å². The number of hydrogen-bond donors (Lipinski definition) is 2. The molecular formula is C18H24N2O4S. The first-order valence-corrected chi connectivity index (χ1v) is 9.75. The van der Waals surface area contributed by atoms with Gasteiger partial charge in [-0.15, -0.1) is 11.3 Å². The van der Waals surface area contributed by atoms with Crippen LogP contribution in [0.1, 0.15) is 55.4 Å². The monoisotopic (exact) mass is 364 g/mol. The van der Waals surface area contributed by atoms with Crippen LogP contribution in [0.15, 0.2) is 11.4 Å². The summed E-state index contributed by atoms with van der Waals surface area (Å²) in [6, 6.07) is 2.05. The molecule has 1 aliphatic heterocycles. The topological polar surface area (TPSA) is 86.7 Å². The van der Waals surface area contributed by atoms with E-state index in [9.17, 15) is 19.5 Å². The second kappa shape index (κ2) is 7.56. The summed E-state index contributed by atoms with van der Waals surface area (Å²) in [6.07, 6.45) is 4.59. The number of aliphatic carboxylic acids is 1. The van der Waals surface area contributed by atoms with E-state index in [1.54, 1.807) is 16.2 Å². The first-order chi connectivity index (χ1) is 12.0. The molecule has 3 rings (SSSR count). The molecule has 0 aromatic carbocycles. The molecule has 136 valence electrons. The van der Waals surface area contributed by atoms with Gasteiger partial charge in [-0.25, -0.2) is 4.79 Å². The highest BCUT2D eigenvalue weighted by atomic mass is 32.1. The van der Waals surface area contributed by atoms with E-state index in [-0.39, 0.29) is 24.7 Å². The Bertz CT molecular complexity index is 664. The summed E-state index contributed by atoms with van der Waals surface area (Å²) in [5.41, 5.74) is 0.0517. The number of carboxylic acid groups (broad SMARTS) is 1. The van der Waals surface area contributed by atoms with Crippen LogP contribution in [0, 0.1) is 0 Å². The molecule has 0 saturated heterocycles. The minimum absolute atomic E-state index is 0.0416. The van der Waals surface area contributed by atoms with Crippen LogP contribution in [0.3, 0.4) is 0 Å². The Labute approximate surface area is 151 Å². The van der Waals surface area contributed by atoms with Gasteiger partial charge >= 0.3 is 5.97 Å². The number of amides is 2. The van der Waals surface area contributed by atoms with Crippen molar-refractivity contribution in [3.63, 3.8) is 0 Å². The molecule has 2 N–H and O–H groups in total. The van der Waals surface area contributed by atoms with E-state index >= 15 is 0 Å². The Morgan fingerprint density at radius 2 is 1.96 bits per heavy atom. The van der Waals surface area contributed by atoms with E-state index in [1.165, 1.54) is 10.4 Å². The maximum Gasteiger partial charge on any atom is 0.329 e. The van der Waals surface area contributed by atoms with Crippen molar-refractivity contribution >= 4 is 29.1 Å². The Hall–Kier alpha value is -1.89. The Kier molecular flexibility index (Phi) is 5.42. The SMILES string of the molecule is O=C(CCC(=O)N1CCc2sccc2C1)NC1(C(=O)O)CCCCC1. The normalized spacial score (nSPS) is 19.1. The van der Waals surface area contributed by atoms with Crippen LogP contribution in [0.5, 0.6) is 0 Å². The number of nitrogens with one attached hydrogen (secondary N) is 1. The Balaban J connectivity index is 1.50. The van der Waals surface area contributed by atoms with Crippen molar-refractivity contribution in [3.8, 4) is 0 Å². The lowest BCUT2D eigenvalue weighted by atomic mass is 9.81. The van der Waals surface area contributed by atoms with Crippen LogP contribution in [0.25, 0.3) is 0 Å². The summed E-state index contributed by atoms with van der Waals surface area (Å²) in [6.45, 7) is 1.30. The fourth-order valence-corrected chi connectivity index (χ4v) is 4.61. The van der Waals surface area contributed by atoms with Gasteiger partial charge in [-0.2, -0.15) is 0 Å². The fraction of sp³-hybridized carbons (Fsp3) is 0.611. The smallest absolute Gasteiger partial charge is 0.329 e. The summed E-state index contributed by atoms with van der Waals surface area (Å²) in [4.78, 5) is 39.3. The van der Waals surface area contributed by atoms with E-state index < -0.39 is 11.5 Å². The van der Waals surface area contributed by atoms with Gasteiger partial charge in [0.1, 0.15) is 5.54 Å². The molecule has 0 atom stereocenters. The molecule has 0 radical (unpaired) electrons. The lowest BCUT2D eigenvalue weighted by Crippen LogP contribution is -2.55. The van der Waals surface area contributed by atoms with Crippen LogP contribution in [0.4, 0.5) is 0 Å². The second-order valence-corrected chi connectivity index (χ2v) is 7.93. The maximum absolute atomic E-state index is 12.4. The van der Waals surface area contributed by atoms with Crippen molar-refractivity contribution in [2.45, 2.75) is 63.5 Å². The zero-order valence-corrected chi connectivity index (χ0v) is 15.1. The molecule has 0 spiro atoms. The molecular weight excluding hydrogens is 340 g/mol. The summed E-state index contributed by atoms with van der Waals surface area (Å²) in [5.74, 6) is -1.35. The molecule has 6 nitrogen and oxygen atoms in total. The lowest BCUT2D eigenvalue weighted by molar-refractivity contribution is -0.149. The summed E-state index contributed by atoms with van der Waals surface area (Å²) >= 11 is 1.72. The van der Waals surface area contributed by atoms with E-state index in [0.717, 1.165) is 25.7 Å². The van der Waals surface area contributed by atoms with Gasteiger partial charge in [-0.05, 0) is 36.3 Å². The van der Waals surface area contributed by atoms with Gasteiger partial charge in [-0.1, -0.05) is 19.3 Å². The Morgan fingerprint density at radius 3 is 2.68 bits per heavy atom. The van der Waals surface area contributed by atoms with Crippen LogP contribution < -0.4 is 5.32 Å². The average molecular weight is 364 g/mol. The van der Waals surface area contributed by atoms with E-state index in [2.05, 4.69) is 5.32 Å². The van der Waals surface area contributed by atoms with Crippen LogP contribution in [-0.2, 0) is 27.3 Å². The number of rotatable bonds is 5. The van der Waals surface area contributed by atoms with Crippen LogP contribution in [0.2, 0.25) is 0 Å². The summed E-state index contributed by atoms with van der Waals surface area (Å²) in [5, 5.41) is 14.2. The van der Waals surface area contributed by atoms with Gasteiger partial charge in [0.25, 0.3) is 0 Å². The fourth-order valence-electron chi connectivity index (χ4n) is 3.72. The van der Waals surface area contributed by atoms with Crippen molar-refractivity contribution in [1.29, 1.82) is 0 Å². The van der Waals surface area contributed by atoms with Crippen molar-refractivity contribution in [1.82, 2.24) is 10.2 Å². The minimum Gasteiger partial charge on any atom is -0.480 e. The highest BCUT2D eigenvalue weighted by Crippen LogP contribution is 2.29. The molecule has 1 aromatic heterocycles.